The van der Waals surface area contributed by atoms with Gasteiger partial charge in [-0.1, -0.05) is 29.8 Å². The molecule has 0 unspecified atom stereocenters. The van der Waals surface area contributed by atoms with Crippen LogP contribution in [0.25, 0.3) is 11.1 Å². The molecule has 0 radical (unpaired) electrons. The van der Waals surface area contributed by atoms with Crippen LogP contribution >= 0.6 is 11.6 Å². The van der Waals surface area contributed by atoms with Crippen LogP contribution in [0.3, 0.4) is 0 Å². The Morgan fingerprint density at radius 2 is 1.87 bits per heavy atom. The predicted molar refractivity (Wildman–Crippen MR) is 90.5 cm³/mol. The molecule has 2 aromatic carbocycles. The van der Waals surface area contributed by atoms with Crippen molar-refractivity contribution >= 4 is 29.2 Å². The first-order valence-corrected chi connectivity index (χ1v) is 7.39. The molecular formula is C17H17ClN2O3. The number of hydrogen-bond donors (Lipinski definition) is 3. The number of anilines is 1. The van der Waals surface area contributed by atoms with Crippen LogP contribution in [0, 0.1) is 6.92 Å². The number of benzene rings is 2. The average molecular weight is 333 g/mol. The van der Waals surface area contributed by atoms with Gasteiger partial charge in [0.2, 0.25) is 5.91 Å². The molecule has 0 saturated heterocycles. The van der Waals surface area contributed by atoms with E-state index in [1.165, 1.54) is 0 Å². The van der Waals surface area contributed by atoms with Crippen LogP contribution in [-0.2, 0) is 9.59 Å². The number of aliphatic carboxylic acids is 1. The molecule has 0 bridgehead atoms. The van der Waals surface area contributed by atoms with Gasteiger partial charge in [0.15, 0.2) is 0 Å². The summed E-state index contributed by atoms with van der Waals surface area (Å²) in [7, 11) is 0. The van der Waals surface area contributed by atoms with Crippen molar-refractivity contribution in [3.63, 3.8) is 0 Å². The van der Waals surface area contributed by atoms with E-state index in [0.717, 1.165) is 16.7 Å². The molecule has 0 aromatic heterocycles. The molecule has 0 aliphatic carbocycles. The molecule has 4 N–H and O–H groups in total. The second kappa shape index (κ2) is 7.26. The monoisotopic (exact) mass is 332 g/mol. The fourth-order valence-corrected chi connectivity index (χ4v) is 2.32. The van der Waals surface area contributed by atoms with E-state index in [2.05, 4.69) is 5.32 Å². The topological polar surface area (TPSA) is 92.4 Å². The maximum atomic E-state index is 11.8. The van der Waals surface area contributed by atoms with Gasteiger partial charge in [0, 0.05) is 10.7 Å². The minimum absolute atomic E-state index is 0.271. The highest BCUT2D eigenvalue weighted by Gasteiger charge is 2.16. The zero-order valence-electron chi connectivity index (χ0n) is 12.5. The highest BCUT2D eigenvalue weighted by atomic mass is 35.5. The number of amides is 1. The van der Waals surface area contributed by atoms with Crippen molar-refractivity contribution in [2.45, 2.75) is 19.4 Å². The largest absolute Gasteiger partial charge is 0.480 e. The van der Waals surface area contributed by atoms with Crippen molar-refractivity contribution in [3.05, 3.63) is 53.1 Å². The third-order valence-corrected chi connectivity index (χ3v) is 3.64. The Bertz CT molecular complexity index is 729. The fourth-order valence-electron chi connectivity index (χ4n) is 2.19. The number of nitrogens with one attached hydrogen (secondary N) is 1. The Hall–Kier alpha value is -2.37. The zero-order valence-corrected chi connectivity index (χ0v) is 13.3. The number of hydrogen-bond acceptors (Lipinski definition) is 3. The highest BCUT2D eigenvalue weighted by molar-refractivity contribution is 6.30. The van der Waals surface area contributed by atoms with Gasteiger partial charge in [-0.25, -0.2) is 0 Å². The van der Waals surface area contributed by atoms with E-state index >= 15 is 0 Å². The summed E-state index contributed by atoms with van der Waals surface area (Å²) in [6, 6.07) is 11.8. The van der Waals surface area contributed by atoms with E-state index < -0.39 is 17.9 Å². The number of carboxylic acid groups (broad SMARTS) is 1. The number of nitrogens with two attached hydrogens (primary N) is 1. The van der Waals surface area contributed by atoms with E-state index in [9.17, 15) is 9.59 Å². The van der Waals surface area contributed by atoms with Crippen molar-refractivity contribution in [2.24, 2.45) is 5.73 Å². The fraction of sp³-hybridized carbons (Fsp3) is 0.176. The van der Waals surface area contributed by atoms with Gasteiger partial charge < -0.3 is 16.2 Å². The van der Waals surface area contributed by atoms with Crippen LogP contribution in [0.4, 0.5) is 5.69 Å². The number of carboxylic acids is 1. The first kappa shape index (κ1) is 17.0. The van der Waals surface area contributed by atoms with E-state index in [1.807, 2.05) is 43.3 Å². The minimum Gasteiger partial charge on any atom is -0.480 e. The molecule has 23 heavy (non-hydrogen) atoms. The molecule has 1 amide bonds. The summed E-state index contributed by atoms with van der Waals surface area (Å²) in [5.41, 5.74) is 8.98. The van der Waals surface area contributed by atoms with E-state index in [-0.39, 0.29) is 6.42 Å². The number of aryl methyl sites for hydroxylation is 1. The van der Waals surface area contributed by atoms with Crippen LogP contribution in [0.15, 0.2) is 42.5 Å². The van der Waals surface area contributed by atoms with Crippen LogP contribution in [0.1, 0.15) is 12.0 Å². The molecule has 2 rings (SSSR count). The lowest BCUT2D eigenvalue weighted by Crippen LogP contribution is -2.34. The van der Waals surface area contributed by atoms with Gasteiger partial charge in [-0.05, 0) is 47.9 Å². The average Bonchev–Trinajstić information content (AvgIpc) is 2.48. The molecular weight excluding hydrogens is 316 g/mol. The third kappa shape index (κ3) is 4.55. The number of carbonyl (C=O) groups is 2. The highest BCUT2D eigenvalue weighted by Crippen LogP contribution is 2.27. The standard InChI is InChI=1S/C17H17ClN2O3/c1-10-8-13(20-16(21)9-15(19)17(22)23)6-7-14(10)11-2-4-12(18)5-3-11/h2-8,15H,9,19H2,1H3,(H,20,21)(H,22,23)/t15-/m0/s1. The van der Waals surface area contributed by atoms with Crippen molar-refractivity contribution in [1.29, 1.82) is 0 Å². The number of carbonyl (C=O) groups excluding carboxylic acids is 1. The smallest absolute Gasteiger partial charge is 0.321 e. The van der Waals surface area contributed by atoms with Gasteiger partial charge in [0.1, 0.15) is 6.04 Å². The summed E-state index contributed by atoms with van der Waals surface area (Å²) >= 11 is 5.89. The van der Waals surface area contributed by atoms with Gasteiger partial charge >= 0.3 is 5.97 Å². The Kier molecular flexibility index (Phi) is 5.36. The lowest BCUT2D eigenvalue weighted by atomic mass is 10.00. The molecule has 0 saturated carbocycles. The van der Waals surface area contributed by atoms with Gasteiger partial charge in [-0.3, -0.25) is 9.59 Å². The van der Waals surface area contributed by atoms with Gasteiger partial charge in [-0.2, -0.15) is 0 Å². The molecule has 6 heteroatoms. The first-order valence-electron chi connectivity index (χ1n) is 7.01. The summed E-state index contributed by atoms with van der Waals surface area (Å²) in [6.45, 7) is 1.93. The SMILES string of the molecule is Cc1cc(NC(=O)C[C@H](N)C(=O)O)ccc1-c1ccc(Cl)cc1. The molecule has 5 nitrogen and oxygen atoms in total. The maximum Gasteiger partial charge on any atom is 0.321 e. The molecule has 0 aliphatic rings. The lowest BCUT2D eigenvalue weighted by molar-refractivity contribution is -0.140. The minimum atomic E-state index is -1.20. The Morgan fingerprint density at radius 3 is 2.43 bits per heavy atom. The van der Waals surface area contributed by atoms with Crippen LogP contribution in [0.5, 0.6) is 0 Å². The maximum absolute atomic E-state index is 11.8. The van der Waals surface area contributed by atoms with Crippen molar-refractivity contribution in [2.75, 3.05) is 5.32 Å². The zero-order chi connectivity index (χ0) is 17.0. The summed E-state index contributed by atoms with van der Waals surface area (Å²) in [6.07, 6.45) is -0.271. The predicted octanol–water partition coefficient (Wildman–Crippen LogP) is 3.06. The normalized spacial score (nSPS) is 11.8. The lowest BCUT2D eigenvalue weighted by Gasteiger charge is -2.11. The van der Waals surface area contributed by atoms with Crippen molar-refractivity contribution in [3.8, 4) is 11.1 Å². The Labute approximate surface area is 139 Å². The summed E-state index contributed by atoms with van der Waals surface area (Å²) in [5, 5.41) is 12.0. The van der Waals surface area contributed by atoms with Gasteiger partial charge in [-0.15, -0.1) is 0 Å². The number of rotatable bonds is 5. The van der Waals surface area contributed by atoms with Crippen molar-refractivity contribution < 1.29 is 14.7 Å². The third-order valence-electron chi connectivity index (χ3n) is 3.39. The molecule has 0 aliphatic heterocycles. The second-order valence-electron chi connectivity index (χ2n) is 5.23. The van der Waals surface area contributed by atoms with Crippen LogP contribution < -0.4 is 11.1 Å². The van der Waals surface area contributed by atoms with Gasteiger partial charge in [0.25, 0.3) is 0 Å². The van der Waals surface area contributed by atoms with E-state index in [0.29, 0.717) is 10.7 Å². The molecule has 1 atom stereocenters. The summed E-state index contributed by atoms with van der Waals surface area (Å²) < 4.78 is 0. The van der Waals surface area contributed by atoms with Crippen molar-refractivity contribution in [1.82, 2.24) is 0 Å². The first-order chi connectivity index (χ1) is 10.9. The summed E-state index contributed by atoms with van der Waals surface area (Å²) in [4.78, 5) is 22.4. The summed E-state index contributed by atoms with van der Waals surface area (Å²) in [5.74, 6) is -1.63. The molecule has 0 fully saturated rings. The molecule has 0 spiro atoms. The second-order valence-corrected chi connectivity index (χ2v) is 5.67. The molecule has 120 valence electrons. The quantitative estimate of drug-likeness (QED) is 0.784. The van der Waals surface area contributed by atoms with Gasteiger partial charge in [0.05, 0.1) is 6.42 Å². The van der Waals surface area contributed by atoms with E-state index in [4.69, 9.17) is 22.4 Å². The van der Waals surface area contributed by atoms with E-state index in [1.54, 1.807) is 6.07 Å². The number of halogens is 1. The Balaban J connectivity index is 2.11. The Morgan fingerprint density at radius 1 is 1.22 bits per heavy atom. The van der Waals surface area contributed by atoms with Crippen LogP contribution in [-0.4, -0.2) is 23.0 Å². The molecule has 0 heterocycles. The molecule has 2 aromatic rings. The van der Waals surface area contributed by atoms with Crippen LogP contribution in [0.2, 0.25) is 5.02 Å².